The van der Waals surface area contributed by atoms with E-state index in [0.717, 1.165) is 11.0 Å². The van der Waals surface area contributed by atoms with Crippen LogP contribution >= 0.6 is 0 Å². The average Bonchev–Trinajstić information content (AvgIpc) is 2.46. The summed E-state index contributed by atoms with van der Waals surface area (Å²) in [7, 11) is 0. The topological polar surface area (TPSA) is 12.9 Å². The van der Waals surface area contributed by atoms with Crippen LogP contribution in [0.1, 0.15) is 54.2 Å². The number of fused-ring (bicyclic) bond motifs is 2. The molecule has 0 fully saturated rings. The lowest BCUT2D eigenvalue weighted by atomic mass is 9.78. The van der Waals surface area contributed by atoms with Crippen molar-refractivity contribution in [3.63, 3.8) is 0 Å². The van der Waals surface area contributed by atoms with Crippen molar-refractivity contribution in [3.05, 3.63) is 51.6 Å². The fraction of sp³-hybridized carbons (Fsp3) is 0.409. The number of rotatable bonds is 0. The predicted molar refractivity (Wildman–Crippen MR) is 102 cm³/mol. The number of benzene rings is 2. The van der Waals surface area contributed by atoms with E-state index in [1.54, 1.807) is 0 Å². The average molecular weight is 305 g/mol. The summed E-state index contributed by atoms with van der Waals surface area (Å²) in [6.07, 6.45) is 0. The minimum atomic E-state index is 0.0739. The Morgan fingerprint density at radius 1 is 0.696 bits per heavy atom. The molecule has 3 rings (SSSR count). The van der Waals surface area contributed by atoms with E-state index in [2.05, 4.69) is 73.6 Å². The van der Waals surface area contributed by atoms with E-state index in [1.807, 2.05) is 0 Å². The molecule has 1 heteroatoms. The van der Waals surface area contributed by atoms with Gasteiger partial charge >= 0.3 is 0 Å². The van der Waals surface area contributed by atoms with Gasteiger partial charge < -0.3 is 0 Å². The van der Waals surface area contributed by atoms with Gasteiger partial charge in [0.2, 0.25) is 0 Å². The largest absolute Gasteiger partial charge is 0.248 e. The lowest BCUT2D eigenvalue weighted by Gasteiger charge is -2.27. The number of aromatic nitrogens is 1. The van der Waals surface area contributed by atoms with Gasteiger partial charge in [-0.25, -0.2) is 4.98 Å². The monoisotopic (exact) mass is 305 g/mol. The van der Waals surface area contributed by atoms with Gasteiger partial charge in [-0.15, -0.1) is 0 Å². The summed E-state index contributed by atoms with van der Waals surface area (Å²) in [5, 5.41) is 2.69. The van der Waals surface area contributed by atoms with E-state index < -0.39 is 0 Å². The van der Waals surface area contributed by atoms with Crippen molar-refractivity contribution >= 4 is 21.8 Å². The Labute approximate surface area is 139 Å². The molecule has 23 heavy (non-hydrogen) atoms. The standard InChI is InChI=1S/C22H27N/c1-12-9-10-17-19(15(12)4)21(22(6,7)8)20-16(5)14(3)13(2)11-18(20)23-17/h9-11H,1-8H3. The van der Waals surface area contributed by atoms with Gasteiger partial charge in [-0.2, -0.15) is 0 Å². The molecule has 0 bridgehead atoms. The molecule has 3 aromatic rings. The first-order chi connectivity index (χ1) is 10.6. The Balaban J connectivity index is 2.71. The van der Waals surface area contributed by atoms with E-state index in [9.17, 15) is 0 Å². The Hall–Kier alpha value is -1.89. The smallest absolute Gasteiger partial charge is 0.0718 e. The van der Waals surface area contributed by atoms with Crippen LogP contribution in [0.25, 0.3) is 21.8 Å². The second kappa shape index (κ2) is 5.06. The van der Waals surface area contributed by atoms with E-state index in [4.69, 9.17) is 4.98 Å². The van der Waals surface area contributed by atoms with Crippen molar-refractivity contribution in [2.75, 3.05) is 0 Å². The zero-order chi connectivity index (χ0) is 17.1. The Bertz CT molecular complexity index is 940. The van der Waals surface area contributed by atoms with E-state index in [-0.39, 0.29) is 5.41 Å². The maximum atomic E-state index is 5.02. The van der Waals surface area contributed by atoms with E-state index in [1.165, 1.54) is 44.2 Å². The Kier molecular flexibility index (Phi) is 3.51. The minimum absolute atomic E-state index is 0.0739. The first kappa shape index (κ1) is 16.0. The van der Waals surface area contributed by atoms with Gasteiger partial charge in [-0.3, -0.25) is 0 Å². The molecule has 1 aromatic heterocycles. The van der Waals surface area contributed by atoms with E-state index >= 15 is 0 Å². The molecule has 0 aliphatic carbocycles. The van der Waals surface area contributed by atoms with Gasteiger partial charge in [-0.1, -0.05) is 26.8 Å². The third-order valence-electron chi connectivity index (χ3n) is 5.34. The number of hydrogen-bond acceptors (Lipinski definition) is 1. The molecule has 0 aliphatic heterocycles. The second-order valence-electron chi connectivity index (χ2n) is 7.98. The van der Waals surface area contributed by atoms with Crippen LogP contribution in [-0.2, 0) is 5.41 Å². The highest BCUT2D eigenvalue weighted by Crippen LogP contribution is 2.40. The second-order valence-corrected chi connectivity index (χ2v) is 7.98. The molecule has 120 valence electrons. The number of pyridine rings is 1. The first-order valence-electron chi connectivity index (χ1n) is 8.44. The van der Waals surface area contributed by atoms with Gasteiger partial charge in [0.05, 0.1) is 11.0 Å². The summed E-state index contributed by atoms with van der Waals surface area (Å²) in [5.74, 6) is 0. The highest BCUT2D eigenvalue weighted by molar-refractivity contribution is 6.02. The highest BCUT2D eigenvalue weighted by Gasteiger charge is 2.24. The molecule has 0 atom stereocenters. The van der Waals surface area contributed by atoms with Crippen molar-refractivity contribution < 1.29 is 0 Å². The fourth-order valence-electron chi connectivity index (χ4n) is 3.68. The zero-order valence-electron chi connectivity index (χ0n) is 15.7. The van der Waals surface area contributed by atoms with Gasteiger partial charge in [-0.05, 0) is 85.5 Å². The minimum Gasteiger partial charge on any atom is -0.248 e. The summed E-state index contributed by atoms with van der Waals surface area (Å²) >= 11 is 0. The SMILES string of the molecule is Cc1cc2nc3ccc(C)c(C)c3c(C(C)(C)C)c2c(C)c1C. The van der Waals surface area contributed by atoms with E-state index in [0.29, 0.717) is 0 Å². The van der Waals surface area contributed by atoms with Gasteiger partial charge in [0, 0.05) is 10.8 Å². The Morgan fingerprint density at radius 2 is 1.30 bits per heavy atom. The lowest BCUT2D eigenvalue weighted by Crippen LogP contribution is -2.15. The van der Waals surface area contributed by atoms with Gasteiger partial charge in [0.15, 0.2) is 0 Å². The quantitative estimate of drug-likeness (QED) is 0.449. The highest BCUT2D eigenvalue weighted by atomic mass is 14.7. The molecule has 0 spiro atoms. The summed E-state index contributed by atoms with van der Waals surface area (Å²) < 4.78 is 0. The summed E-state index contributed by atoms with van der Waals surface area (Å²) in [5.41, 5.74) is 10.5. The summed E-state index contributed by atoms with van der Waals surface area (Å²) in [4.78, 5) is 5.02. The molecule has 0 aliphatic rings. The molecular formula is C22H27N. The molecule has 0 radical (unpaired) electrons. The Morgan fingerprint density at radius 3 is 1.91 bits per heavy atom. The van der Waals surface area contributed by atoms with Crippen molar-refractivity contribution in [2.45, 2.75) is 60.8 Å². The third-order valence-corrected chi connectivity index (χ3v) is 5.34. The maximum absolute atomic E-state index is 5.02. The molecule has 0 amide bonds. The summed E-state index contributed by atoms with van der Waals surface area (Å²) in [6, 6.07) is 6.62. The third kappa shape index (κ3) is 2.34. The van der Waals surface area contributed by atoms with Crippen LogP contribution in [0.3, 0.4) is 0 Å². The van der Waals surface area contributed by atoms with Crippen molar-refractivity contribution in [1.82, 2.24) is 4.98 Å². The predicted octanol–water partition coefficient (Wildman–Crippen LogP) is 6.23. The molecule has 0 unspecified atom stereocenters. The van der Waals surface area contributed by atoms with Crippen molar-refractivity contribution in [3.8, 4) is 0 Å². The maximum Gasteiger partial charge on any atom is 0.0718 e. The molecular weight excluding hydrogens is 278 g/mol. The zero-order valence-corrected chi connectivity index (χ0v) is 15.7. The van der Waals surface area contributed by atoms with Crippen LogP contribution < -0.4 is 0 Å². The lowest BCUT2D eigenvalue weighted by molar-refractivity contribution is 0.600. The van der Waals surface area contributed by atoms with Crippen molar-refractivity contribution in [2.24, 2.45) is 0 Å². The molecule has 0 saturated heterocycles. The van der Waals surface area contributed by atoms with Crippen LogP contribution in [0.4, 0.5) is 0 Å². The normalized spacial score (nSPS) is 12.3. The van der Waals surface area contributed by atoms with Gasteiger partial charge in [0.25, 0.3) is 0 Å². The van der Waals surface area contributed by atoms with Gasteiger partial charge in [0.1, 0.15) is 0 Å². The fourth-order valence-corrected chi connectivity index (χ4v) is 3.68. The molecule has 1 nitrogen and oxygen atoms in total. The van der Waals surface area contributed by atoms with Crippen LogP contribution in [0.5, 0.6) is 0 Å². The molecule has 0 N–H and O–H groups in total. The summed E-state index contributed by atoms with van der Waals surface area (Å²) in [6.45, 7) is 18.0. The van der Waals surface area contributed by atoms with Crippen molar-refractivity contribution in [1.29, 1.82) is 0 Å². The van der Waals surface area contributed by atoms with Crippen LogP contribution in [0.2, 0.25) is 0 Å². The first-order valence-corrected chi connectivity index (χ1v) is 8.44. The number of nitrogens with zero attached hydrogens (tertiary/aromatic N) is 1. The number of hydrogen-bond donors (Lipinski definition) is 0. The van der Waals surface area contributed by atoms with Crippen LogP contribution in [0.15, 0.2) is 18.2 Å². The molecule has 0 saturated carbocycles. The number of aryl methyl sites for hydroxylation is 4. The molecule has 2 aromatic carbocycles. The molecule has 1 heterocycles. The van der Waals surface area contributed by atoms with Crippen LogP contribution in [0, 0.1) is 34.6 Å². The van der Waals surface area contributed by atoms with Crippen LogP contribution in [-0.4, -0.2) is 4.98 Å².